The molecule has 2 aromatic rings. The summed E-state index contributed by atoms with van der Waals surface area (Å²) < 4.78 is 27.0. The molecule has 2 rings (SSSR count). The number of nitrogen functional groups attached to an aromatic ring is 1. The lowest BCUT2D eigenvalue weighted by molar-refractivity contribution is 0.542. The quantitative estimate of drug-likeness (QED) is 0.822. The van der Waals surface area contributed by atoms with E-state index >= 15 is 0 Å². The molecule has 0 amide bonds. The number of hydrogen-bond donors (Lipinski definition) is 1. The predicted molar refractivity (Wildman–Crippen MR) is 66.3 cm³/mol. The molecule has 0 aromatic heterocycles. The average molecular weight is 272 g/mol. The molecule has 0 saturated carbocycles. The van der Waals surface area contributed by atoms with Crippen molar-refractivity contribution in [2.75, 3.05) is 5.73 Å². The van der Waals surface area contributed by atoms with Crippen molar-refractivity contribution in [2.45, 2.75) is 9.79 Å². The van der Waals surface area contributed by atoms with Gasteiger partial charge in [-0.3, -0.25) is 0 Å². The van der Waals surface area contributed by atoms with E-state index in [4.69, 9.17) is 17.3 Å². The Morgan fingerprint density at radius 1 is 1.00 bits per heavy atom. The summed E-state index contributed by atoms with van der Waals surface area (Å²) in [6.07, 6.45) is 0. The number of nitrogens with two attached hydrogens (primary N) is 1. The van der Waals surface area contributed by atoms with Crippen molar-refractivity contribution >= 4 is 29.1 Å². The maximum atomic E-state index is 13.5. The monoisotopic (exact) mass is 271 g/mol. The van der Waals surface area contributed by atoms with E-state index in [9.17, 15) is 8.78 Å². The average Bonchev–Trinajstić information content (AvgIpc) is 2.26. The smallest absolute Gasteiger partial charge is 0.142 e. The standard InChI is InChI=1S/C12H8ClF2NS/c13-7-1-3-9(4-2-7)17-12-10(14)5-8(16)6-11(12)15/h1-6H,16H2. The van der Waals surface area contributed by atoms with Crippen LogP contribution in [0.15, 0.2) is 46.2 Å². The molecule has 0 fully saturated rings. The molecule has 0 aliphatic heterocycles. The van der Waals surface area contributed by atoms with Gasteiger partial charge in [0.2, 0.25) is 0 Å². The lowest BCUT2D eigenvalue weighted by Crippen LogP contribution is -1.92. The van der Waals surface area contributed by atoms with Crippen molar-refractivity contribution in [3.8, 4) is 0 Å². The zero-order valence-corrected chi connectivity index (χ0v) is 10.2. The molecule has 1 nitrogen and oxygen atoms in total. The second-order valence-electron chi connectivity index (χ2n) is 3.37. The molecule has 2 aromatic carbocycles. The largest absolute Gasteiger partial charge is 0.399 e. The summed E-state index contributed by atoms with van der Waals surface area (Å²) in [7, 11) is 0. The SMILES string of the molecule is Nc1cc(F)c(Sc2ccc(Cl)cc2)c(F)c1. The molecule has 0 unspecified atom stereocenters. The summed E-state index contributed by atoms with van der Waals surface area (Å²) in [6, 6.07) is 8.92. The van der Waals surface area contributed by atoms with Crippen molar-refractivity contribution in [1.82, 2.24) is 0 Å². The van der Waals surface area contributed by atoms with E-state index < -0.39 is 11.6 Å². The summed E-state index contributed by atoms with van der Waals surface area (Å²) >= 11 is 6.72. The molecule has 0 bridgehead atoms. The zero-order valence-electron chi connectivity index (χ0n) is 8.58. The maximum Gasteiger partial charge on any atom is 0.142 e. The van der Waals surface area contributed by atoms with Crippen LogP contribution in [-0.2, 0) is 0 Å². The Morgan fingerprint density at radius 2 is 1.53 bits per heavy atom. The molecular weight excluding hydrogens is 264 g/mol. The number of hydrogen-bond acceptors (Lipinski definition) is 2. The molecule has 0 atom stereocenters. The van der Waals surface area contributed by atoms with Crippen molar-refractivity contribution in [3.05, 3.63) is 53.1 Å². The van der Waals surface area contributed by atoms with E-state index in [0.29, 0.717) is 9.92 Å². The number of anilines is 1. The number of rotatable bonds is 2. The lowest BCUT2D eigenvalue weighted by atomic mass is 10.3. The first-order valence-electron chi connectivity index (χ1n) is 4.74. The third kappa shape index (κ3) is 2.90. The number of benzene rings is 2. The summed E-state index contributed by atoms with van der Waals surface area (Å²) in [5.41, 5.74) is 5.40. The topological polar surface area (TPSA) is 26.0 Å². The van der Waals surface area contributed by atoms with Crippen LogP contribution in [0.1, 0.15) is 0 Å². The van der Waals surface area contributed by atoms with Crippen molar-refractivity contribution in [2.24, 2.45) is 0 Å². The molecular formula is C12H8ClF2NS. The summed E-state index contributed by atoms with van der Waals surface area (Å²) in [5, 5.41) is 0.576. The van der Waals surface area contributed by atoms with Crippen molar-refractivity contribution < 1.29 is 8.78 Å². The zero-order chi connectivity index (χ0) is 12.4. The highest BCUT2D eigenvalue weighted by atomic mass is 35.5. The van der Waals surface area contributed by atoms with Gasteiger partial charge < -0.3 is 5.73 Å². The van der Waals surface area contributed by atoms with Crippen LogP contribution in [0.4, 0.5) is 14.5 Å². The van der Waals surface area contributed by atoms with Gasteiger partial charge in [0, 0.05) is 15.6 Å². The Balaban J connectivity index is 2.33. The van der Waals surface area contributed by atoms with Gasteiger partial charge in [0.15, 0.2) is 0 Å². The minimum absolute atomic E-state index is 0.0680. The third-order valence-electron chi connectivity index (χ3n) is 2.05. The molecule has 2 N–H and O–H groups in total. The van der Waals surface area contributed by atoms with Gasteiger partial charge >= 0.3 is 0 Å². The van der Waals surface area contributed by atoms with Gasteiger partial charge in [-0.15, -0.1) is 0 Å². The Bertz CT molecular complexity index is 520. The van der Waals surface area contributed by atoms with Gasteiger partial charge in [0.1, 0.15) is 11.6 Å². The summed E-state index contributed by atoms with van der Waals surface area (Å²) in [5.74, 6) is -1.33. The lowest BCUT2D eigenvalue weighted by Gasteiger charge is -2.06. The van der Waals surface area contributed by atoms with Crippen LogP contribution < -0.4 is 5.73 Å². The molecule has 0 aliphatic rings. The van der Waals surface area contributed by atoms with E-state index in [1.54, 1.807) is 24.3 Å². The second-order valence-corrected chi connectivity index (χ2v) is 4.89. The van der Waals surface area contributed by atoms with E-state index in [1.807, 2.05) is 0 Å². The fourth-order valence-electron chi connectivity index (χ4n) is 1.30. The van der Waals surface area contributed by atoms with Crippen LogP contribution in [0.3, 0.4) is 0 Å². The van der Waals surface area contributed by atoms with Gasteiger partial charge in [-0.2, -0.15) is 0 Å². The van der Waals surface area contributed by atoms with Gasteiger partial charge in [-0.1, -0.05) is 23.4 Å². The van der Waals surface area contributed by atoms with Crippen LogP contribution in [0, 0.1) is 11.6 Å². The molecule has 5 heteroatoms. The molecule has 0 saturated heterocycles. The van der Waals surface area contributed by atoms with Gasteiger partial charge in [-0.25, -0.2) is 8.78 Å². The van der Waals surface area contributed by atoms with Gasteiger partial charge in [0.25, 0.3) is 0 Å². The molecule has 0 heterocycles. The summed E-state index contributed by atoms with van der Waals surface area (Å²) in [6.45, 7) is 0. The Hall–Kier alpha value is -1.26. The fraction of sp³-hybridized carbons (Fsp3) is 0. The first-order chi connectivity index (χ1) is 8.06. The van der Waals surface area contributed by atoms with E-state index in [-0.39, 0.29) is 10.6 Å². The highest BCUT2D eigenvalue weighted by Crippen LogP contribution is 2.33. The molecule has 0 aliphatic carbocycles. The van der Waals surface area contributed by atoms with Crippen LogP contribution in [0.5, 0.6) is 0 Å². The molecule has 0 radical (unpaired) electrons. The molecule has 88 valence electrons. The van der Waals surface area contributed by atoms with Gasteiger partial charge in [0.05, 0.1) is 4.90 Å². The minimum Gasteiger partial charge on any atom is -0.399 e. The number of halogens is 3. The molecule has 17 heavy (non-hydrogen) atoms. The van der Waals surface area contributed by atoms with Crippen LogP contribution in [0.2, 0.25) is 5.02 Å². The normalized spacial score (nSPS) is 10.5. The van der Waals surface area contributed by atoms with Crippen LogP contribution >= 0.6 is 23.4 Å². The second kappa shape index (κ2) is 4.94. The Labute approximate surface area is 107 Å². The van der Waals surface area contributed by atoms with E-state index in [0.717, 1.165) is 23.9 Å². The Morgan fingerprint density at radius 3 is 2.06 bits per heavy atom. The van der Waals surface area contributed by atoms with Gasteiger partial charge in [-0.05, 0) is 36.4 Å². The fourth-order valence-corrected chi connectivity index (χ4v) is 2.24. The van der Waals surface area contributed by atoms with Crippen molar-refractivity contribution in [3.63, 3.8) is 0 Å². The predicted octanol–water partition coefficient (Wildman–Crippen LogP) is 4.35. The highest BCUT2D eigenvalue weighted by Gasteiger charge is 2.11. The first-order valence-corrected chi connectivity index (χ1v) is 5.93. The minimum atomic E-state index is -0.664. The maximum absolute atomic E-state index is 13.5. The van der Waals surface area contributed by atoms with Crippen LogP contribution in [0.25, 0.3) is 0 Å². The van der Waals surface area contributed by atoms with E-state index in [1.165, 1.54) is 0 Å². The Kier molecular flexibility index (Phi) is 3.54. The highest BCUT2D eigenvalue weighted by molar-refractivity contribution is 7.99. The van der Waals surface area contributed by atoms with Crippen LogP contribution in [-0.4, -0.2) is 0 Å². The van der Waals surface area contributed by atoms with E-state index in [2.05, 4.69) is 0 Å². The van der Waals surface area contributed by atoms with Crippen molar-refractivity contribution in [1.29, 1.82) is 0 Å². The molecule has 0 spiro atoms. The third-order valence-corrected chi connectivity index (χ3v) is 3.41. The first kappa shape index (κ1) is 12.2. The summed E-state index contributed by atoms with van der Waals surface area (Å²) in [4.78, 5) is 0.637.